The molecule has 4 aromatic rings. The maximum atomic E-state index is 9.47. The van der Waals surface area contributed by atoms with Crippen LogP contribution < -0.4 is 10.1 Å². The first-order valence-electron chi connectivity index (χ1n) is 8.23. The second-order valence-electron chi connectivity index (χ2n) is 5.86. The molecule has 0 aliphatic heterocycles. The summed E-state index contributed by atoms with van der Waals surface area (Å²) in [5.41, 5.74) is 3.79. The van der Waals surface area contributed by atoms with Crippen LogP contribution in [-0.4, -0.2) is 26.6 Å². The normalized spacial score (nSPS) is 10.8. The summed E-state index contributed by atoms with van der Waals surface area (Å²) in [6, 6.07) is 15.0. The number of phenols is 1. The van der Waals surface area contributed by atoms with Crippen LogP contribution in [0.15, 0.2) is 67.1 Å². The van der Waals surface area contributed by atoms with Gasteiger partial charge in [0, 0.05) is 24.5 Å². The molecule has 4 rings (SSSR count). The quantitative estimate of drug-likeness (QED) is 0.576. The summed E-state index contributed by atoms with van der Waals surface area (Å²) in [6.07, 6.45) is 5.43. The molecule has 0 unspecified atom stereocenters. The van der Waals surface area contributed by atoms with Crippen molar-refractivity contribution in [1.82, 2.24) is 14.4 Å². The van der Waals surface area contributed by atoms with E-state index < -0.39 is 0 Å². The molecule has 2 heterocycles. The number of phenolic OH excluding ortho intramolecular Hbond substituents is 1. The highest BCUT2D eigenvalue weighted by atomic mass is 16.5. The number of fused-ring (bicyclic) bond motifs is 1. The van der Waals surface area contributed by atoms with E-state index in [-0.39, 0.29) is 5.75 Å². The molecule has 2 aromatic carbocycles. The monoisotopic (exact) mass is 346 g/mol. The lowest BCUT2D eigenvalue weighted by Gasteiger charge is -2.08. The highest BCUT2D eigenvalue weighted by Gasteiger charge is 2.10. The number of rotatable bonds is 5. The Balaban J connectivity index is 1.61. The summed E-state index contributed by atoms with van der Waals surface area (Å²) in [6.45, 7) is 0.637. The standard InChI is InChI=1S/C20H18N4O2/c1-26-17-8-2-14(3-9-17)12-22-19-20-23-13-18(24(20)11-10-21-19)15-4-6-16(25)7-5-15/h2-11,13,25H,12H2,1H3,(H,21,22). The number of methoxy groups -OCH3 is 1. The molecule has 0 aliphatic carbocycles. The van der Waals surface area contributed by atoms with Crippen molar-refractivity contribution < 1.29 is 9.84 Å². The number of benzene rings is 2. The van der Waals surface area contributed by atoms with Gasteiger partial charge in [-0.2, -0.15) is 0 Å². The van der Waals surface area contributed by atoms with Crippen molar-refractivity contribution in [2.75, 3.05) is 12.4 Å². The predicted octanol–water partition coefficient (Wildman–Crippen LogP) is 3.72. The molecule has 26 heavy (non-hydrogen) atoms. The number of nitrogens with one attached hydrogen (secondary N) is 1. The van der Waals surface area contributed by atoms with E-state index in [1.54, 1.807) is 25.4 Å². The summed E-state index contributed by atoms with van der Waals surface area (Å²) < 4.78 is 7.16. The van der Waals surface area contributed by atoms with Crippen LogP contribution in [0.5, 0.6) is 11.5 Å². The van der Waals surface area contributed by atoms with Crippen molar-refractivity contribution in [2.45, 2.75) is 6.54 Å². The Morgan fingerprint density at radius 3 is 2.54 bits per heavy atom. The van der Waals surface area contributed by atoms with Gasteiger partial charge < -0.3 is 15.2 Å². The van der Waals surface area contributed by atoms with E-state index in [1.807, 2.05) is 53.2 Å². The summed E-state index contributed by atoms with van der Waals surface area (Å²) >= 11 is 0. The zero-order valence-corrected chi connectivity index (χ0v) is 14.3. The number of hydrogen-bond acceptors (Lipinski definition) is 5. The minimum absolute atomic E-state index is 0.242. The number of aromatic hydroxyl groups is 1. The molecule has 2 N–H and O–H groups in total. The molecule has 0 aliphatic rings. The topological polar surface area (TPSA) is 71.7 Å². The van der Waals surface area contributed by atoms with E-state index in [2.05, 4.69) is 15.3 Å². The Morgan fingerprint density at radius 2 is 1.81 bits per heavy atom. The third-order valence-electron chi connectivity index (χ3n) is 4.21. The van der Waals surface area contributed by atoms with Gasteiger partial charge in [0.1, 0.15) is 11.5 Å². The predicted molar refractivity (Wildman–Crippen MR) is 100 cm³/mol. The Hall–Kier alpha value is -3.54. The Labute approximate surface area is 150 Å². The maximum absolute atomic E-state index is 9.47. The minimum Gasteiger partial charge on any atom is -0.508 e. The van der Waals surface area contributed by atoms with Crippen molar-refractivity contribution >= 4 is 11.5 Å². The molecular formula is C20H18N4O2. The molecule has 0 bridgehead atoms. The molecule has 6 heteroatoms. The van der Waals surface area contributed by atoms with Crippen molar-refractivity contribution in [3.05, 3.63) is 72.7 Å². The third-order valence-corrected chi connectivity index (χ3v) is 4.21. The SMILES string of the molecule is COc1ccc(CNc2nccn3c(-c4ccc(O)cc4)cnc23)cc1. The van der Waals surface area contributed by atoms with Gasteiger partial charge >= 0.3 is 0 Å². The second-order valence-corrected chi connectivity index (χ2v) is 5.86. The average molecular weight is 346 g/mol. The average Bonchev–Trinajstić information content (AvgIpc) is 3.12. The fourth-order valence-electron chi connectivity index (χ4n) is 2.82. The lowest BCUT2D eigenvalue weighted by molar-refractivity contribution is 0.414. The molecule has 130 valence electrons. The minimum atomic E-state index is 0.242. The van der Waals surface area contributed by atoms with Gasteiger partial charge in [-0.1, -0.05) is 12.1 Å². The van der Waals surface area contributed by atoms with Gasteiger partial charge in [-0.05, 0) is 42.0 Å². The van der Waals surface area contributed by atoms with Gasteiger partial charge in [-0.3, -0.25) is 4.40 Å². The summed E-state index contributed by atoms with van der Waals surface area (Å²) in [5, 5.41) is 12.8. The zero-order chi connectivity index (χ0) is 17.9. The van der Waals surface area contributed by atoms with Crippen LogP contribution in [-0.2, 0) is 6.54 Å². The Morgan fingerprint density at radius 1 is 1.04 bits per heavy atom. The fraction of sp³-hybridized carbons (Fsp3) is 0.100. The van der Waals surface area contributed by atoms with Crippen LogP contribution in [0.1, 0.15) is 5.56 Å². The Bertz CT molecular complexity index is 1020. The molecule has 2 aromatic heterocycles. The molecule has 0 spiro atoms. The number of aromatic nitrogens is 3. The van der Waals surface area contributed by atoms with Crippen LogP contribution in [0.2, 0.25) is 0 Å². The number of anilines is 1. The van der Waals surface area contributed by atoms with E-state index in [0.717, 1.165) is 28.2 Å². The van der Waals surface area contributed by atoms with E-state index in [1.165, 1.54) is 0 Å². The summed E-state index contributed by atoms with van der Waals surface area (Å²) in [7, 11) is 1.65. The second kappa shape index (κ2) is 6.76. The highest BCUT2D eigenvalue weighted by Crippen LogP contribution is 2.25. The van der Waals surface area contributed by atoms with E-state index in [0.29, 0.717) is 12.4 Å². The van der Waals surface area contributed by atoms with Gasteiger partial charge in [0.2, 0.25) is 0 Å². The van der Waals surface area contributed by atoms with Crippen LogP contribution in [0.4, 0.5) is 5.82 Å². The molecule has 0 fully saturated rings. The van der Waals surface area contributed by atoms with Crippen molar-refractivity contribution in [3.63, 3.8) is 0 Å². The van der Waals surface area contributed by atoms with E-state index >= 15 is 0 Å². The molecule has 6 nitrogen and oxygen atoms in total. The van der Waals surface area contributed by atoms with Gasteiger partial charge in [-0.25, -0.2) is 9.97 Å². The first kappa shape index (κ1) is 16.0. The first-order valence-corrected chi connectivity index (χ1v) is 8.23. The first-order chi connectivity index (χ1) is 12.7. The number of ether oxygens (including phenoxy) is 1. The smallest absolute Gasteiger partial charge is 0.180 e. The van der Waals surface area contributed by atoms with Gasteiger partial charge in [-0.15, -0.1) is 0 Å². The summed E-state index contributed by atoms with van der Waals surface area (Å²) in [5.74, 6) is 1.79. The zero-order valence-electron chi connectivity index (χ0n) is 14.3. The van der Waals surface area contributed by atoms with Crippen LogP contribution in [0.3, 0.4) is 0 Å². The fourth-order valence-corrected chi connectivity index (χ4v) is 2.82. The van der Waals surface area contributed by atoms with Crippen LogP contribution >= 0.6 is 0 Å². The van der Waals surface area contributed by atoms with Crippen LogP contribution in [0, 0.1) is 0 Å². The number of hydrogen-bond donors (Lipinski definition) is 2. The molecule has 0 atom stereocenters. The molecular weight excluding hydrogens is 328 g/mol. The molecule has 0 radical (unpaired) electrons. The van der Waals surface area contributed by atoms with Crippen molar-refractivity contribution in [1.29, 1.82) is 0 Å². The van der Waals surface area contributed by atoms with Crippen LogP contribution in [0.25, 0.3) is 16.9 Å². The van der Waals surface area contributed by atoms with E-state index in [4.69, 9.17) is 4.74 Å². The van der Waals surface area contributed by atoms with Crippen molar-refractivity contribution in [3.8, 4) is 22.8 Å². The lowest BCUT2D eigenvalue weighted by atomic mass is 10.1. The lowest BCUT2D eigenvalue weighted by Crippen LogP contribution is -2.04. The Kier molecular flexibility index (Phi) is 4.15. The third kappa shape index (κ3) is 3.04. The van der Waals surface area contributed by atoms with Gasteiger partial charge in [0.15, 0.2) is 11.5 Å². The highest BCUT2D eigenvalue weighted by molar-refractivity contribution is 5.70. The molecule has 0 saturated carbocycles. The molecule has 0 amide bonds. The van der Waals surface area contributed by atoms with Gasteiger partial charge in [0.25, 0.3) is 0 Å². The summed E-state index contributed by atoms with van der Waals surface area (Å²) in [4.78, 5) is 8.93. The van der Waals surface area contributed by atoms with E-state index in [9.17, 15) is 5.11 Å². The number of nitrogens with zero attached hydrogens (tertiary/aromatic N) is 3. The van der Waals surface area contributed by atoms with Gasteiger partial charge in [0.05, 0.1) is 19.0 Å². The maximum Gasteiger partial charge on any atom is 0.180 e. The molecule has 0 saturated heterocycles. The number of imidazole rings is 1. The largest absolute Gasteiger partial charge is 0.508 e. The van der Waals surface area contributed by atoms with Crippen molar-refractivity contribution in [2.24, 2.45) is 0 Å².